The Kier molecular flexibility index (Phi) is 5.52. The van der Waals surface area contributed by atoms with E-state index >= 15 is 0 Å². The van der Waals surface area contributed by atoms with Crippen LogP contribution in [0.3, 0.4) is 0 Å². The number of rotatable bonds is 5. The molecule has 1 amide bonds. The molecule has 2 aromatic rings. The van der Waals surface area contributed by atoms with Crippen molar-refractivity contribution in [3.8, 4) is 11.8 Å². The average Bonchev–Trinajstić information content (AvgIpc) is 2.52. The Morgan fingerprint density at radius 1 is 1.04 bits per heavy atom. The first-order valence-corrected chi connectivity index (χ1v) is 8.51. The lowest BCUT2D eigenvalue weighted by molar-refractivity contribution is 0.100. The van der Waals surface area contributed by atoms with Crippen molar-refractivity contribution in [1.82, 2.24) is 4.72 Å². The van der Waals surface area contributed by atoms with Crippen molar-refractivity contribution < 1.29 is 13.2 Å². The summed E-state index contributed by atoms with van der Waals surface area (Å²) >= 11 is 0. The highest BCUT2D eigenvalue weighted by molar-refractivity contribution is 7.88. The third-order valence-corrected chi connectivity index (χ3v) is 4.28. The first-order chi connectivity index (χ1) is 11.0. The number of sulfonamides is 1. The second-order valence-corrected chi connectivity index (χ2v) is 6.62. The predicted octanol–water partition coefficient (Wildman–Crippen LogP) is 1.26. The molecule has 0 aliphatic heterocycles. The van der Waals surface area contributed by atoms with E-state index in [0.29, 0.717) is 11.1 Å². The molecule has 5 nitrogen and oxygen atoms in total. The SMILES string of the molecule is NC(=O)c1ccc(C#CCNS(=O)(=O)Cc2ccccc2)cc1. The van der Waals surface area contributed by atoms with E-state index in [4.69, 9.17) is 5.73 Å². The van der Waals surface area contributed by atoms with Gasteiger partial charge in [0.25, 0.3) is 0 Å². The van der Waals surface area contributed by atoms with Crippen LogP contribution in [-0.4, -0.2) is 20.9 Å². The van der Waals surface area contributed by atoms with E-state index in [9.17, 15) is 13.2 Å². The zero-order chi connectivity index (χ0) is 16.7. The number of hydrogen-bond donors (Lipinski definition) is 2. The molecule has 0 bridgehead atoms. The molecule has 0 aliphatic rings. The van der Waals surface area contributed by atoms with Gasteiger partial charge in [-0.2, -0.15) is 0 Å². The summed E-state index contributed by atoms with van der Waals surface area (Å²) in [6.07, 6.45) is 0. The van der Waals surface area contributed by atoms with E-state index in [2.05, 4.69) is 16.6 Å². The average molecular weight is 328 g/mol. The third kappa shape index (κ3) is 5.58. The topological polar surface area (TPSA) is 89.3 Å². The van der Waals surface area contributed by atoms with Crippen LogP contribution in [0.15, 0.2) is 54.6 Å². The van der Waals surface area contributed by atoms with Crippen molar-refractivity contribution in [2.75, 3.05) is 6.54 Å². The van der Waals surface area contributed by atoms with Gasteiger partial charge in [0.1, 0.15) is 0 Å². The quantitative estimate of drug-likeness (QED) is 0.810. The standard InChI is InChI=1S/C17H16N2O3S/c18-17(20)16-10-8-14(9-11-16)7-4-12-19-23(21,22)13-15-5-2-1-3-6-15/h1-3,5-6,8-11,19H,12-13H2,(H2,18,20). The molecule has 23 heavy (non-hydrogen) atoms. The van der Waals surface area contributed by atoms with Gasteiger partial charge < -0.3 is 5.73 Å². The lowest BCUT2D eigenvalue weighted by Crippen LogP contribution is -2.25. The fraction of sp³-hybridized carbons (Fsp3) is 0.118. The van der Waals surface area contributed by atoms with Crippen molar-refractivity contribution in [2.45, 2.75) is 5.75 Å². The van der Waals surface area contributed by atoms with Crippen LogP contribution in [0.2, 0.25) is 0 Å². The molecule has 0 aliphatic carbocycles. The molecule has 0 atom stereocenters. The van der Waals surface area contributed by atoms with Crippen LogP contribution in [0.1, 0.15) is 21.5 Å². The number of nitrogens with one attached hydrogen (secondary N) is 1. The first kappa shape index (κ1) is 16.7. The summed E-state index contributed by atoms with van der Waals surface area (Å²) in [5.41, 5.74) is 6.94. The molecule has 0 unspecified atom stereocenters. The molecule has 0 spiro atoms. The van der Waals surface area contributed by atoms with Crippen molar-refractivity contribution in [3.05, 3.63) is 71.3 Å². The van der Waals surface area contributed by atoms with E-state index in [-0.39, 0.29) is 12.3 Å². The molecule has 3 N–H and O–H groups in total. The van der Waals surface area contributed by atoms with E-state index in [1.54, 1.807) is 48.5 Å². The van der Waals surface area contributed by atoms with Gasteiger partial charge in [0, 0.05) is 11.1 Å². The number of benzene rings is 2. The van der Waals surface area contributed by atoms with Crippen LogP contribution in [-0.2, 0) is 15.8 Å². The van der Waals surface area contributed by atoms with Crippen LogP contribution >= 0.6 is 0 Å². The Hall–Kier alpha value is -2.62. The summed E-state index contributed by atoms with van der Waals surface area (Å²) < 4.78 is 26.2. The smallest absolute Gasteiger partial charge is 0.248 e. The zero-order valence-corrected chi connectivity index (χ0v) is 13.1. The van der Waals surface area contributed by atoms with Crippen LogP contribution in [0.25, 0.3) is 0 Å². The monoisotopic (exact) mass is 328 g/mol. The van der Waals surface area contributed by atoms with Gasteiger partial charge in [-0.3, -0.25) is 4.79 Å². The fourth-order valence-corrected chi connectivity index (χ4v) is 2.88. The summed E-state index contributed by atoms with van der Waals surface area (Å²) in [6, 6.07) is 15.4. The molecule has 0 aromatic heterocycles. The molecule has 0 heterocycles. The van der Waals surface area contributed by atoms with Crippen LogP contribution in [0.4, 0.5) is 0 Å². The first-order valence-electron chi connectivity index (χ1n) is 6.86. The number of primary amides is 1. The van der Waals surface area contributed by atoms with E-state index < -0.39 is 15.9 Å². The Bertz CT molecular complexity index is 833. The predicted molar refractivity (Wildman–Crippen MR) is 88.9 cm³/mol. The summed E-state index contributed by atoms with van der Waals surface area (Å²) in [6.45, 7) is 0.0206. The van der Waals surface area contributed by atoms with Gasteiger partial charge in [-0.15, -0.1) is 0 Å². The van der Waals surface area contributed by atoms with Gasteiger partial charge in [0.15, 0.2) is 0 Å². The number of carbonyl (C=O) groups excluding carboxylic acids is 1. The van der Waals surface area contributed by atoms with Crippen molar-refractivity contribution >= 4 is 15.9 Å². The van der Waals surface area contributed by atoms with Gasteiger partial charge in [0.2, 0.25) is 15.9 Å². The van der Waals surface area contributed by atoms with Crippen molar-refractivity contribution in [3.63, 3.8) is 0 Å². The molecule has 0 fully saturated rings. The summed E-state index contributed by atoms with van der Waals surface area (Å²) in [5, 5.41) is 0. The number of nitrogens with two attached hydrogens (primary N) is 1. The fourth-order valence-electron chi connectivity index (χ4n) is 1.85. The van der Waals surface area contributed by atoms with Gasteiger partial charge in [-0.1, -0.05) is 42.2 Å². The minimum absolute atomic E-state index is 0.0206. The molecule has 0 saturated carbocycles. The molecule has 0 saturated heterocycles. The maximum absolute atomic E-state index is 11.9. The summed E-state index contributed by atoms with van der Waals surface area (Å²) in [5.74, 6) is 4.97. The van der Waals surface area contributed by atoms with Gasteiger partial charge in [0.05, 0.1) is 12.3 Å². The van der Waals surface area contributed by atoms with Crippen LogP contribution in [0, 0.1) is 11.8 Å². The highest BCUT2D eigenvalue weighted by atomic mass is 32.2. The van der Waals surface area contributed by atoms with Crippen LogP contribution < -0.4 is 10.5 Å². The highest BCUT2D eigenvalue weighted by Gasteiger charge is 2.09. The molecular weight excluding hydrogens is 312 g/mol. The van der Waals surface area contributed by atoms with Gasteiger partial charge in [-0.25, -0.2) is 13.1 Å². The van der Waals surface area contributed by atoms with Crippen molar-refractivity contribution in [2.24, 2.45) is 5.73 Å². The second kappa shape index (κ2) is 7.58. The maximum Gasteiger partial charge on any atom is 0.248 e. The second-order valence-electron chi connectivity index (χ2n) is 4.81. The molecule has 0 radical (unpaired) electrons. The normalized spacial score (nSPS) is 10.6. The van der Waals surface area contributed by atoms with Gasteiger partial charge in [-0.05, 0) is 29.8 Å². The maximum atomic E-state index is 11.9. The molecule has 118 valence electrons. The molecule has 2 rings (SSSR count). The largest absolute Gasteiger partial charge is 0.366 e. The van der Waals surface area contributed by atoms with E-state index in [0.717, 1.165) is 5.56 Å². The highest BCUT2D eigenvalue weighted by Crippen LogP contribution is 2.04. The molecular formula is C17H16N2O3S. The van der Waals surface area contributed by atoms with Crippen LogP contribution in [0.5, 0.6) is 0 Å². The number of carbonyl (C=O) groups is 1. The molecule has 6 heteroatoms. The van der Waals surface area contributed by atoms with E-state index in [1.165, 1.54) is 0 Å². The summed E-state index contributed by atoms with van der Waals surface area (Å²) in [7, 11) is -3.42. The van der Waals surface area contributed by atoms with Crippen molar-refractivity contribution in [1.29, 1.82) is 0 Å². The lowest BCUT2D eigenvalue weighted by Gasteiger charge is -2.03. The number of amides is 1. The number of hydrogen-bond acceptors (Lipinski definition) is 3. The zero-order valence-electron chi connectivity index (χ0n) is 12.3. The third-order valence-electron chi connectivity index (χ3n) is 2.98. The Balaban J connectivity index is 1.90. The summed E-state index contributed by atoms with van der Waals surface area (Å²) in [4.78, 5) is 10.9. The Morgan fingerprint density at radius 2 is 1.70 bits per heavy atom. The Labute approximate surface area is 135 Å². The van der Waals surface area contributed by atoms with E-state index in [1.807, 2.05) is 6.07 Å². The minimum Gasteiger partial charge on any atom is -0.366 e. The Morgan fingerprint density at radius 3 is 2.30 bits per heavy atom. The minimum atomic E-state index is -3.42. The molecule has 2 aromatic carbocycles. The lowest BCUT2D eigenvalue weighted by atomic mass is 10.1. The van der Waals surface area contributed by atoms with Gasteiger partial charge >= 0.3 is 0 Å².